The summed E-state index contributed by atoms with van der Waals surface area (Å²) in [5.74, 6) is 1.59. The third kappa shape index (κ3) is 3.27. The lowest BCUT2D eigenvalue weighted by Crippen LogP contribution is -2.41. The van der Waals surface area contributed by atoms with Gasteiger partial charge in [-0.05, 0) is 50.9 Å². The molecule has 2 fully saturated rings. The van der Waals surface area contributed by atoms with E-state index in [4.69, 9.17) is 11.6 Å². The number of hydrogen-bond donors (Lipinski definition) is 1. The van der Waals surface area contributed by atoms with E-state index in [1.165, 1.54) is 26.2 Å². The van der Waals surface area contributed by atoms with Crippen LogP contribution in [0.1, 0.15) is 44.0 Å². The van der Waals surface area contributed by atoms with E-state index in [0.717, 1.165) is 17.0 Å². The Labute approximate surface area is 143 Å². The summed E-state index contributed by atoms with van der Waals surface area (Å²) >= 11 is 5.70. The molecule has 0 spiro atoms. The molecule has 1 aromatic heterocycles. The van der Waals surface area contributed by atoms with Crippen LogP contribution in [0, 0.1) is 24.7 Å². The molecular formula is C16H21ClF3N3O. The molecule has 1 amide bonds. The van der Waals surface area contributed by atoms with Gasteiger partial charge in [0.25, 0.3) is 0 Å². The van der Waals surface area contributed by atoms with Crippen LogP contribution in [0.15, 0.2) is 0 Å². The highest BCUT2D eigenvalue weighted by molar-refractivity contribution is 6.32. The standard InChI is InChI=1S/C16H21ClF3N3O/c1-8(12-6-10-3-4-11(12)5-10)21-13(24)7-23-9(2)14(17)15(22-23)16(18,19)20/h8,10-12H,3-7H2,1-2H3,(H,21,24)/t8-,10-,11-,12-/m1/s1. The molecule has 0 saturated heterocycles. The van der Waals surface area contributed by atoms with E-state index in [2.05, 4.69) is 10.4 Å². The number of hydrogen-bond acceptors (Lipinski definition) is 2. The second-order valence-electron chi connectivity index (χ2n) is 7.10. The van der Waals surface area contributed by atoms with E-state index < -0.39 is 16.9 Å². The zero-order valence-corrected chi connectivity index (χ0v) is 14.4. The number of halogens is 4. The van der Waals surface area contributed by atoms with Crippen LogP contribution >= 0.6 is 11.6 Å². The third-order valence-electron chi connectivity index (χ3n) is 5.52. The van der Waals surface area contributed by atoms with Crippen molar-refractivity contribution in [3.8, 4) is 0 Å². The van der Waals surface area contributed by atoms with Gasteiger partial charge in [0.2, 0.25) is 5.91 Å². The van der Waals surface area contributed by atoms with Gasteiger partial charge in [-0.15, -0.1) is 0 Å². The van der Waals surface area contributed by atoms with Crippen molar-refractivity contribution in [3.05, 3.63) is 16.4 Å². The number of rotatable bonds is 4. The average Bonchev–Trinajstić information content (AvgIpc) is 3.17. The summed E-state index contributed by atoms with van der Waals surface area (Å²) < 4.78 is 39.5. The molecule has 0 radical (unpaired) electrons. The van der Waals surface area contributed by atoms with Crippen molar-refractivity contribution < 1.29 is 18.0 Å². The summed E-state index contributed by atoms with van der Waals surface area (Å²) in [5, 5.41) is 5.94. The predicted molar refractivity (Wildman–Crippen MR) is 83.5 cm³/mol. The van der Waals surface area contributed by atoms with Crippen molar-refractivity contribution >= 4 is 17.5 Å². The van der Waals surface area contributed by atoms with Gasteiger partial charge in [-0.1, -0.05) is 18.0 Å². The van der Waals surface area contributed by atoms with Gasteiger partial charge in [0.15, 0.2) is 5.69 Å². The van der Waals surface area contributed by atoms with Crippen molar-refractivity contribution in [3.63, 3.8) is 0 Å². The maximum Gasteiger partial charge on any atom is 0.436 e. The molecule has 2 aliphatic carbocycles. The molecule has 1 aromatic rings. The van der Waals surface area contributed by atoms with Crippen LogP contribution in [0.5, 0.6) is 0 Å². The Kier molecular flexibility index (Phi) is 4.57. The van der Waals surface area contributed by atoms with Gasteiger partial charge in [0.1, 0.15) is 6.54 Å². The summed E-state index contributed by atoms with van der Waals surface area (Å²) in [6.45, 7) is 3.15. The van der Waals surface area contributed by atoms with Gasteiger partial charge in [-0.2, -0.15) is 18.3 Å². The average molecular weight is 364 g/mol. The fourth-order valence-electron chi connectivity index (χ4n) is 4.31. The number of amides is 1. The molecule has 134 valence electrons. The number of aromatic nitrogens is 2. The number of carbonyl (C=O) groups is 1. The summed E-state index contributed by atoms with van der Waals surface area (Å²) in [4.78, 5) is 12.2. The molecule has 2 bridgehead atoms. The van der Waals surface area contributed by atoms with E-state index >= 15 is 0 Å². The molecule has 1 N–H and O–H groups in total. The van der Waals surface area contributed by atoms with Crippen molar-refractivity contribution in [1.82, 2.24) is 15.1 Å². The normalized spacial score (nSPS) is 27.5. The van der Waals surface area contributed by atoms with Crippen molar-refractivity contribution in [1.29, 1.82) is 0 Å². The Balaban J connectivity index is 1.63. The fourth-order valence-corrected chi connectivity index (χ4v) is 4.55. The van der Waals surface area contributed by atoms with Crippen LogP contribution in [0.4, 0.5) is 13.2 Å². The van der Waals surface area contributed by atoms with Gasteiger partial charge in [-0.25, -0.2) is 0 Å². The Morgan fingerprint density at radius 2 is 2.12 bits per heavy atom. The maximum atomic E-state index is 12.8. The van der Waals surface area contributed by atoms with Crippen molar-refractivity contribution in [2.24, 2.45) is 17.8 Å². The lowest BCUT2D eigenvalue weighted by atomic mass is 9.84. The number of fused-ring (bicyclic) bond motifs is 2. The molecule has 3 rings (SSSR count). The number of alkyl halides is 3. The summed E-state index contributed by atoms with van der Waals surface area (Å²) in [7, 11) is 0. The Morgan fingerprint density at radius 1 is 1.42 bits per heavy atom. The first-order chi connectivity index (χ1) is 11.2. The molecule has 0 unspecified atom stereocenters. The molecular weight excluding hydrogens is 343 g/mol. The first kappa shape index (κ1) is 17.6. The highest BCUT2D eigenvalue weighted by atomic mass is 35.5. The lowest BCUT2D eigenvalue weighted by Gasteiger charge is -2.28. The Morgan fingerprint density at radius 3 is 2.62 bits per heavy atom. The third-order valence-corrected chi connectivity index (χ3v) is 5.97. The molecule has 2 aliphatic rings. The van der Waals surface area contributed by atoms with Gasteiger partial charge < -0.3 is 5.32 Å². The van der Waals surface area contributed by atoms with Crippen molar-refractivity contribution in [2.75, 3.05) is 0 Å². The quantitative estimate of drug-likeness (QED) is 0.884. The fraction of sp³-hybridized carbons (Fsp3) is 0.750. The molecule has 4 atom stereocenters. The summed E-state index contributed by atoms with van der Waals surface area (Å²) in [6.07, 6.45) is 0.260. The largest absolute Gasteiger partial charge is 0.436 e. The second-order valence-corrected chi connectivity index (χ2v) is 7.48. The van der Waals surface area contributed by atoms with E-state index in [1.54, 1.807) is 0 Å². The van der Waals surface area contributed by atoms with E-state index in [0.29, 0.717) is 11.8 Å². The van der Waals surface area contributed by atoms with E-state index in [-0.39, 0.29) is 24.2 Å². The topological polar surface area (TPSA) is 46.9 Å². The highest BCUT2D eigenvalue weighted by Crippen LogP contribution is 2.49. The molecule has 2 saturated carbocycles. The Bertz CT molecular complexity index is 643. The smallest absolute Gasteiger partial charge is 0.352 e. The van der Waals surface area contributed by atoms with Crippen molar-refractivity contribution in [2.45, 2.75) is 58.3 Å². The van der Waals surface area contributed by atoms with Crippen LogP contribution in [-0.2, 0) is 17.5 Å². The van der Waals surface area contributed by atoms with Crippen LogP contribution in [-0.4, -0.2) is 21.7 Å². The second kappa shape index (κ2) is 6.24. The minimum absolute atomic E-state index is 0.0289. The molecule has 4 nitrogen and oxygen atoms in total. The van der Waals surface area contributed by atoms with Gasteiger partial charge in [-0.3, -0.25) is 9.48 Å². The van der Waals surface area contributed by atoms with Crippen LogP contribution < -0.4 is 5.32 Å². The monoisotopic (exact) mass is 363 g/mol. The van der Waals surface area contributed by atoms with Crippen LogP contribution in [0.3, 0.4) is 0 Å². The first-order valence-electron chi connectivity index (χ1n) is 8.26. The number of nitrogens with zero attached hydrogens (tertiary/aromatic N) is 2. The summed E-state index contributed by atoms with van der Waals surface area (Å²) in [5.41, 5.74) is -0.998. The van der Waals surface area contributed by atoms with Crippen LogP contribution in [0.2, 0.25) is 5.02 Å². The molecule has 0 aliphatic heterocycles. The van der Waals surface area contributed by atoms with E-state index in [1.807, 2.05) is 6.92 Å². The molecule has 8 heteroatoms. The minimum Gasteiger partial charge on any atom is -0.352 e. The zero-order chi connectivity index (χ0) is 17.6. The van der Waals surface area contributed by atoms with E-state index in [9.17, 15) is 18.0 Å². The number of carbonyl (C=O) groups excluding carboxylic acids is 1. The van der Waals surface area contributed by atoms with Gasteiger partial charge >= 0.3 is 6.18 Å². The minimum atomic E-state index is -4.63. The Hall–Kier alpha value is -1.24. The first-order valence-corrected chi connectivity index (χ1v) is 8.64. The molecule has 0 aromatic carbocycles. The zero-order valence-electron chi connectivity index (χ0n) is 13.7. The summed E-state index contributed by atoms with van der Waals surface area (Å²) in [6, 6.07) is 0.0289. The molecule has 24 heavy (non-hydrogen) atoms. The predicted octanol–water partition coefficient (Wildman–Crippen LogP) is 3.80. The molecule has 1 heterocycles. The lowest BCUT2D eigenvalue weighted by molar-refractivity contribution is -0.141. The van der Waals surface area contributed by atoms with Gasteiger partial charge in [0, 0.05) is 6.04 Å². The van der Waals surface area contributed by atoms with Crippen LogP contribution in [0.25, 0.3) is 0 Å². The highest BCUT2D eigenvalue weighted by Gasteiger charge is 2.42. The van der Waals surface area contributed by atoms with Gasteiger partial charge in [0.05, 0.1) is 10.7 Å². The maximum absolute atomic E-state index is 12.8. The SMILES string of the molecule is Cc1c(Cl)c(C(F)(F)F)nn1CC(=O)N[C@H](C)[C@H]1C[C@@H]2CC[C@@H]1C2. The number of nitrogens with one attached hydrogen (secondary N) is 1.